The van der Waals surface area contributed by atoms with E-state index in [1.807, 2.05) is 12.1 Å². The third kappa shape index (κ3) is 2.82. The van der Waals surface area contributed by atoms with Gasteiger partial charge >= 0.3 is 0 Å². The minimum Gasteiger partial charge on any atom is -0.312 e. The Morgan fingerprint density at radius 1 is 1.41 bits per heavy atom. The van der Waals surface area contributed by atoms with Gasteiger partial charge in [-0.2, -0.15) is 0 Å². The lowest BCUT2D eigenvalue weighted by atomic mass is 9.70. The average molecular weight is 234 g/mol. The van der Waals surface area contributed by atoms with E-state index in [-0.39, 0.29) is 10.6 Å². The summed E-state index contributed by atoms with van der Waals surface area (Å²) in [6.45, 7) is 3.79. The van der Waals surface area contributed by atoms with Gasteiger partial charge in [-0.15, -0.1) is 0 Å². The first-order chi connectivity index (χ1) is 8.11. The Bertz CT molecular complexity index is 414. The second kappa shape index (κ2) is 4.84. The van der Waals surface area contributed by atoms with Crippen molar-refractivity contribution < 1.29 is 4.92 Å². The van der Waals surface area contributed by atoms with Gasteiger partial charge in [0.1, 0.15) is 0 Å². The van der Waals surface area contributed by atoms with Crippen molar-refractivity contribution in [1.29, 1.82) is 0 Å². The van der Waals surface area contributed by atoms with Crippen LogP contribution in [0.5, 0.6) is 0 Å². The molecule has 0 aliphatic heterocycles. The van der Waals surface area contributed by atoms with Crippen LogP contribution >= 0.6 is 0 Å². The van der Waals surface area contributed by atoms with Crippen molar-refractivity contribution in [2.45, 2.75) is 32.7 Å². The molecule has 4 nitrogen and oxygen atoms in total. The molecule has 0 bridgehead atoms. The molecule has 1 aromatic rings. The quantitative estimate of drug-likeness (QED) is 0.629. The van der Waals surface area contributed by atoms with Gasteiger partial charge in [0.25, 0.3) is 5.69 Å². The van der Waals surface area contributed by atoms with Crippen LogP contribution in [0.2, 0.25) is 0 Å². The zero-order chi connectivity index (χ0) is 12.3. The highest BCUT2D eigenvalue weighted by molar-refractivity contribution is 5.39. The smallest absolute Gasteiger partial charge is 0.273 e. The summed E-state index contributed by atoms with van der Waals surface area (Å²) in [5, 5.41) is 14.2. The van der Waals surface area contributed by atoms with Gasteiger partial charge in [-0.25, -0.2) is 0 Å². The van der Waals surface area contributed by atoms with Crippen LogP contribution in [0.4, 0.5) is 5.69 Å². The number of nitrogens with zero attached hydrogens (tertiary/aromatic N) is 1. The molecule has 0 saturated heterocycles. The molecular weight excluding hydrogens is 216 g/mol. The lowest BCUT2D eigenvalue weighted by Crippen LogP contribution is -2.37. The third-order valence-electron chi connectivity index (χ3n) is 3.62. The number of hydrogen-bond acceptors (Lipinski definition) is 3. The Labute approximate surface area is 101 Å². The van der Waals surface area contributed by atoms with Crippen LogP contribution in [0.25, 0.3) is 0 Å². The predicted molar refractivity (Wildman–Crippen MR) is 66.8 cm³/mol. The second-order valence-electron chi connectivity index (χ2n) is 5.15. The summed E-state index contributed by atoms with van der Waals surface area (Å²) in [5.74, 6) is 0. The highest BCUT2D eigenvalue weighted by Crippen LogP contribution is 2.39. The highest BCUT2D eigenvalue weighted by atomic mass is 16.6. The first-order valence-corrected chi connectivity index (χ1v) is 6.04. The van der Waals surface area contributed by atoms with Gasteiger partial charge in [-0.05, 0) is 18.3 Å². The van der Waals surface area contributed by atoms with Crippen LogP contribution in [-0.4, -0.2) is 11.5 Å². The van der Waals surface area contributed by atoms with Gasteiger partial charge in [-0.1, -0.05) is 31.5 Å². The van der Waals surface area contributed by atoms with Crippen molar-refractivity contribution >= 4 is 5.69 Å². The Morgan fingerprint density at radius 3 is 2.71 bits per heavy atom. The largest absolute Gasteiger partial charge is 0.312 e. The monoisotopic (exact) mass is 234 g/mol. The maximum atomic E-state index is 10.8. The van der Waals surface area contributed by atoms with Gasteiger partial charge in [0, 0.05) is 24.7 Å². The van der Waals surface area contributed by atoms with Crippen molar-refractivity contribution in [1.82, 2.24) is 5.32 Å². The van der Waals surface area contributed by atoms with E-state index in [0.717, 1.165) is 12.1 Å². The van der Waals surface area contributed by atoms with Crippen molar-refractivity contribution in [3.63, 3.8) is 0 Å². The van der Waals surface area contributed by atoms with Gasteiger partial charge in [0.15, 0.2) is 0 Å². The van der Waals surface area contributed by atoms with Crippen LogP contribution in [-0.2, 0) is 6.54 Å². The molecule has 1 N–H and O–H groups in total. The summed E-state index contributed by atoms with van der Waals surface area (Å²) < 4.78 is 0. The Kier molecular flexibility index (Phi) is 3.43. The minimum atomic E-state index is -0.317. The summed E-state index contributed by atoms with van der Waals surface area (Å²) in [6, 6.07) is 6.92. The molecule has 2 rings (SSSR count). The SMILES string of the molecule is CC1(CNCc2ccccc2[N+](=O)[O-])CCC1. The minimum absolute atomic E-state index is 0.207. The lowest BCUT2D eigenvalue weighted by Gasteiger charge is -2.38. The number of nitro benzene ring substituents is 1. The highest BCUT2D eigenvalue weighted by Gasteiger charge is 2.31. The summed E-state index contributed by atoms with van der Waals surface area (Å²) in [4.78, 5) is 10.5. The van der Waals surface area contributed by atoms with Crippen LogP contribution in [0.1, 0.15) is 31.7 Å². The van der Waals surface area contributed by atoms with E-state index in [1.165, 1.54) is 19.3 Å². The molecule has 0 aromatic heterocycles. The maximum absolute atomic E-state index is 10.8. The zero-order valence-corrected chi connectivity index (χ0v) is 10.1. The fraction of sp³-hybridized carbons (Fsp3) is 0.538. The molecule has 1 aliphatic carbocycles. The second-order valence-corrected chi connectivity index (χ2v) is 5.15. The van der Waals surface area contributed by atoms with Crippen LogP contribution in [0.3, 0.4) is 0 Å². The number of nitrogens with one attached hydrogen (secondary N) is 1. The van der Waals surface area contributed by atoms with Crippen LogP contribution in [0.15, 0.2) is 24.3 Å². The Hall–Kier alpha value is -1.42. The van der Waals surface area contributed by atoms with E-state index in [2.05, 4.69) is 12.2 Å². The predicted octanol–water partition coefficient (Wildman–Crippen LogP) is 2.87. The molecule has 0 unspecified atom stereocenters. The topological polar surface area (TPSA) is 55.2 Å². The number of hydrogen-bond donors (Lipinski definition) is 1. The zero-order valence-electron chi connectivity index (χ0n) is 10.1. The van der Waals surface area contributed by atoms with E-state index in [4.69, 9.17) is 0 Å². The molecule has 92 valence electrons. The van der Waals surface area contributed by atoms with E-state index >= 15 is 0 Å². The first-order valence-electron chi connectivity index (χ1n) is 6.04. The standard InChI is InChI=1S/C13H18N2O2/c1-13(7-4-8-13)10-14-9-11-5-2-3-6-12(11)15(16)17/h2-3,5-6,14H,4,7-10H2,1H3. The van der Waals surface area contributed by atoms with E-state index < -0.39 is 0 Å². The molecule has 0 radical (unpaired) electrons. The van der Waals surface area contributed by atoms with Crippen LogP contribution < -0.4 is 5.32 Å². The fourth-order valence-corrected chi connectivity index (χ4v) is 2.29. The summed E-state index contributed by atoms with van der Waals surface area (Å²) in [6.07, 6.45) is 3.83. The van der Waals surface area contributed by atoms with Gasteiger partial charge in [0.2, 0.25) is 0 Å². The molecule has 1 fully saturated rings. The molecular formula is C13H18N2O2. The molecule has 1 aromatic carbocycles. The first kappa shape index (κ1) is 12.0. The molecule has 1 aliphatic rings. The number of rotatable bonds is 5. The molecule has 0 atom stereocenters. The van der Waals surface area contributed by atoms with Crippen LogP contribution in [0, 0.1) is 15.5 Å². The van der Waals surface area contributed by atoms with E-state index in [1.54, 1.807) is 12.1 Å². The molecule has 0 amide bonds. The summed E-state index contributed by atoms with van der Waals surface area (Å²) >= 11 is 0. The maximum Gasteiger partial charge on any atom is 0.273 e. The van der Waals surface area contributed by atoms with Crippen molar-refractivity contribution in [3.8, 4) is 0 Å². The number of para-hydroxylation sites is 1. The number of nitro groups is 1. The van der Waals surface area contributed by atoms with Gasteiger partial charge in [-0.3, -0.25) is 10.1 Å². The molecule has 4 heteroatoms. The molecule has 0 heterocycles. The normalized spacial score (nSPS) is 17.5. The number of benzene rings is 1. The molecule has 1 saturated carbocycles. The van der Waals surface area contributed by atoms with E-state index in [0.29, 0.717) is 12.0 Å². The van der Waals surface area contributed by atoms with Gasteiger partial charge in [0.05, 0.1) is 4.92 Å². The van der Waals surface area contributed by atoms with Gasteiger partial charge < -0.3 is 5.32 Å². The summed E-state index contributed by atoms with van der Waals surface area (Å²) in [5.41, 5.74) is 1.38. The lowest BCUT2D eigenvalue weighted by molar-refractivity contribution is -0.385. The molecule has 17 heavy (non-hydrogen) atoms. The Morgan fingerprint density at radius 2 is 2.12 bits per heavy atom. The third-order valence-corrected chi connectivity index (χ3v) is 3.62. The summed E-state index contributed by atoms with van der Waals surface area (Å²) in [7, 11) is 0. The van der Waals surface area contributed by atoms with E-state index in [9.17, 15) is 10.1 Å². The van der Waals surface area contributed by atoms with Crippen molar-refractivity contribution in [2.75, 3.05) is 6.54 Å². The van der Waals surface area contributed by atoms with Crippen molar-refractivity contribution in [3.05, 3.63) is 39.9 Å². The molecule has 0 spiro atoms. The average Bonchev–Trinajstić information content (AvgIpc) is 2.27. The van der Waals surface area contributed by atoms with Crippen molar-refractivity contribution in [2.24, 2.45) is 5.41 Å². The fourth-order valence-electron chi connectivity index (χ4n) is 2.29. The Balaban J connectivity index is 1.92.